The molecular formula is C13H11F2NO. The van der Waals surface area contributed by atoms with Gasteiger partial charge in [-0.1, -0.05) is 18.2 Å². The summed E-state index contributed by atoms with van der Waals surface area (Å²) in [4.78, 5) is 0. The number of hydrogen-bond donors (Lipinski definition) is 1. The second kappa shape index (κ2) is 4.41. The summed E-state index contributed by atoms with van der Waals surface area (Å²) < 4.78 is 32.2. The van der Waals surface area contributed by atoms with Crippen molar-refractivity contribution in [3.8, 4) is 11.5 Å². The van der Waals surface area contributed by atoms with E-state index in [9.17, 15) is 8.78 Å². The lowest BCUT2D eigenvalue weighted by molar-refractivity contribution is 0.406. The third-order valence-corrected chi connectivity index (χ3v) is 2.33. The Morgan fingerprint density at radius 1 is 1.06 bits per heavy atom. The Hall–Kier alpha value is -2.10. The minimum atomic E-state index is -0.814. The normalized spacial score (nSPS) is 10.3. The molecule has 0 saturated carbocycles. The van der Waals surface area contributed by atoms with Crippen molar-refractivity contribution < 1.29 is 13.5 Å². The summed E-state index contributed by atoms with van der Waals surface area (Å²) in [5.74, 6) is -1.65. The minimum absolute atomic E-state index is 0.0251. The average molecular weight is 235 g/mol. The molecule has 17 heavy (non-hydrogen) atoms. The fraction of sp³-hybridized carbons (Fsp3) is 0.0769. The Morgan fingerprint density at radius 3 is 2.24 bits per heavy atom. The van der Waals surface area contributed by atoms with Gasteiger partial charge in [-0.05, 0) is 18.6 Å². The minimum Gasteiger partial charge on any atom is -0.451 e. The number of anilines is 1. The second-order valence-corrected chi connectivity index (χ2v) is 3.68. The van der Waals surface area contributed by atoms with Gasteiger partial charge in [-0.25, -0.2) is 8.78 Å². The fourth-order valence-corrected chi connectivity index (χ4v) is 1.46. The Balaban J connectivity index is 2.40. The summed E-state index contributed by atoms with van der Waals surface area (Å²) in [5, 5.41) is 0. The molecule has 88 valence electrons. The van der Waals surface area contributed by atoms with Crippen molar-refractivity contribution in [1.29, 1.82) is 0 Å². The summed E-state index contributed by atoms with van der Waals surface area (Å²) in [6, 6.07) is 9.04. The maximum atomic E-state index is 13.5. The van der Waals surface area contributed by atoms with Crippen molar-refractivity contribution in [1.82, 2.24) is 0 Å². The molecule has 2 N–H and O–H groups in total. The lowest BCUT2D eigenvalue weighted by Crippen LogP contribution is -1.96. The molecule has 0 aliphatic carbocycles. The summed E-state index contributed by atoms with van der Waals surface area (Å²) in [5.41, 5.74) is 6.14. The van der Waals surface area contributed by atoms with Crippen LogP contribution in [0.1, 0.15) is 5.56 Å². The monoisotopic (exact) mass is 235 g/mol. The lowest BCUT2D eigenvalue weighted by Gasteiger charge is -2.10. The highest BCUT2D eigenvalue weighted by Crippen LogP contribution is 2.30. The molecule has 0 fully saturated rings. The van der Waals surface area contributed by atoms with Crippen molar-refractivity contribution in [3.63, 3.8) is 0 Å². The Bertz CT molecular complexity index is 532. The topological polar surface area (TPSA) is 35.2 Å². The van der Waals surface area contributed by atoms with Crippen molar-refractivity contribution in [2.45, 2.75) is 6.92 Å². The first-order chi connectivity index (χ1) is 8.08. The molecule has 0 aliphatic rings. The Morgan fingerprint density at radius 2 is 1.65 bits per heavy atom. The zero-order chi connectivity index (χ0) is 12.4. The van der Waals surface area contributed by atoms with Gasteiger partial charge < -0.3 is 10.5 Å². The molecule has 0 saturated heterocycles. The van der Waals surface area contributed by atoms with Crippen LogP contribution in [0.5, 0.6) is 11.5 Å². The van der Waals surface area contributed by atoms with Gasteiger partial charge in [0.05, 0.1) is 0 Å². The Kier molecular flexibility index (Phi) is 2.95. The fourth-order valence-electron chi connectivity index (χ4n) is 1.46. The highest BCUT2D eigenvalue weighted by atomic mass is 19.1. The molecule has 2 rings (SSSR count). The molecule has 0 atom stereocenters. The van der Waals surface area contributed by atoms with Crippen molar-refractivity contribution >= 4 is 5.69 Å². The van der Waals surface area contributed by atoms with Crippen LogP contribution in [0.15, 0.2) is 36.4 Å². The zero-order valence-electron chi connectivity index (χ0n) is 9.21. The summed E-state index contributed by atoms with van der Waals surface area (Å²) in [6.45, 7) is 1.79. The molecular weight excluding hydrogens is 224 g/mol. The molecule has 2 nitrogen and oxygen atoms in total. The molecule has 0 heterocycles. The summed E-state index contributed by atoms with van der Waals surface area (Å²) in [7, 11) is 0. The van der Waals surface area contributed by atoms with Gasteiger partial charge in [0, 0.05) is 17.8 Å². The number of benzene rings is 2. The third kappa shape index (κ3) is 2.36. The SMILES string of the molecule is Cc1ccccc1Oc1c(F)cc(N)cc1F. The van der Waals surface area contributed by atoms with Gasteiger partial charge in [0.15, 0.2) is 17.4 Å². The highest BCUT2D eigenvalue weighted by Gasteiger charge is 2.13. The van der Waals surface area contributed by atoms with E-state index in [4.69, 9.17) is 10.5 Å². The molecule has 0 bridgehead atoms. The first kappa shape index (κ1) is 11.4. The van der Waals surface area contributed by atoms with Crippen LogP contribution in [0.4, 0.5) is 14.5 Å². The zero-order valence-corrected chi connectivity index (χ0v) is 9.21. The highest BCUT2D eigenvalue weighted by molar-refractivity contribution is 5.46. The molecule has 0 aromatic heterocycles. The van der Waals surface area contributed by atoms with Crippen LogP contribution in [-0.4, -0.2) is 0 Å². The molecule has 2 aromatic carbocycles. The van der Waals surface area contributed by atoms with Gasteiger partial charge in [-0.3, -0.25) is 0 Å². The van der Waals surface area contributed by atoms with Crippen molar-refractivity contribution in [3.05, 3.63) is 53.6 Å². The average Bonchev–Trinajstić information content (AvgIpc) is 2.25. The van der Waals surface area contributed by atoms with Crippen LogP contribution in [0.3, 0.4) is 0 Å². The van der Waals surface area contributed by atoms with Crippen LogP contribution < -0.4 is 10.5 Å². The number of nitrogen functional groups attached to an aromatic ring is 1. The predicted octanol–water partition coefficient (Wildman–Crippen LogP) is 3.65. The van der Waals surface area contributed by atoms with Crippen molar-refractivity contribution in [2.24, 2.45) is 0 Å². The molecule has 0 spiro atoms. The smallest absolute Gasteiger partial charge is 0.198 e. The first-order valence-corrected chi connectivity index (χ1v) is 5.06. The molecule has 0 radical (unpaired) electrons. The first-order valence-electron chi connectivity index (χ1n) is 5.06. The molecule has 0 amide bonds. The van der Waals surface area contributed by atoms with Gasteiger partial charge in [0.2, 0.25) is 0 Å². The number of halogens is 2. The van der Waals surface area contributed by atoms with Crippen molar-refractivity contribution in [2.75, 3.05) is 5.73 Å². The maximum absolute atomic E-state index is 13.5. The van der Waals surface area contributed by atoms with Gasteiger partial charge >= 0.3 is 0 Å². The van der Waals surface area contributed by atoms with E-state index in [-0.39, 0.29) is 5.69 Å². The van der Waals surface area contributed by atoms with Crippen LogP contribution in [0.2, 0.25) is 0 Å². The van der Waals surface area contributed by atoms with Crippen LogP contribution >= 0.6 is 0 Å². The quantitative estimate of drug-likeness (QED) is 0.806. The Labute approximate surface area is 97.6 Å². The molecule has 2 aromatic rings. The number of ether oxygens (including phenoxy) is 1. The molecule has 4 heteroatoms. The number of para-hydroxylation sites is 1. The summed E-state index contributed by atoms with van der Waals surface area (Å²) in [6.07, 6.45) is 0. The summed E-state index contributed by atoms with van der Waals surface area (Å²) >= 11 is 0. The lowest BCUT2D eigenvalue weighted by atomic mass is 10.2. The number of rotatable bonds is 2. The maximum Gasteiger partial charge on any atom is 0.198 e. The predicted molar refractivity (Wildman–Crippen MR) is 62.0 cm³/mol. The number of aryl methyl sites for hydroxylation is 1. The molecule has 0 aliphatic heterocycles. The van der Waals surface area contributed by atoms with E-state index in [0.29, 0.717) is 5.75 Å². The van der Waals surface area contributed by atoms with Crippen LogP contribution in [-0.2, 0) is 0 Å². The van der Waals surface area contributed by atoms with Gasteiger partial charge in [0.25, 0.3) is 0 Å². The third-order valence-electron chi connectivity index (χ3n) is 2.33. The van der Waals surface area contributed by atoms with Crippen LogP contribution in [0.25, 0.3) is 0 Å². The van der Waals surface area contributed by atoms with Gasteiger partial charge in [-0.2, -0.15) is 0 Å². The number of nitrogens with two attached hydrogens (primary N) is 1. The van der Waals surface area contributed by atoms with Gasteiger partial charge in [0.1, 0.15) is 5.75 Å². The number of hydrogen-bond acceptors (Lipinski definition) is 2. The molecule has 0 unspecified atom stereocenters. The van der Waals surface area contributed by atoms with E-state index in [2.05, 4.69) is 0 Å². The van der Waals surface area contributed by atoms with E-state index < -0.39 is 17.4 Å². The van der Waals surface area contributed by atoms with E-state index in [1.165, 1.54) is 0 Å². The van der Waals surface area contributed by atoms with Crippen LogP contribution in [0, 0.1) is 18.6 Å². The largest absolute Gasteiger partial charge is 0.451 e. The van der Waals surface area contributed by atoms with E-state index in [1.54, 1.807) is 25.1 Å². The van der Waals surface area contributed by atoms with E-state index in [1.807, 2.05) is 6.07 Å². The standard InChI is InChI=1S/C13H11F2NO/c1-8-4-2-3-5-12(8)17-13-10(14)6-9(16)7-11(13)15/h2-7H,16H2,1H3. The van der Waals surface area contributed by atoms with E-state index >= 15 is 0 Å². The van der Waals surface area contributed by atoms with E-state index in [0.717, 1.165) is 17.7 Å². The van der Waals surface area contributed by atoms with Gasteiger partial charge in [-0.15, -0.1) is 0 Å². The second-order valence-electron chi connectivity index (χ2n) is 3.68.